The van der Waals surface area contributed by atoms with Crippen molar-refractivity contribution >= 4 is 5.97 Å². The van der Waals surface area contributed by atoms with Crippen LogP contribution in [0.1, 0.15) is 37.7 Å². The van der Waals surface area contributed by atoms with E-state index in [9.17, 15) is 9.90 Å². The molecule has 0 aliphatic rings. The predicted molar refractivity (Wildman–Crippen MR) is 77.7 cm³/mol. The Labute approximate surface area is 120 Å². The summed E-state index contributed by atoms with van der Waals surface area (Å²) in [5.74, 6) is -0.774. The number of unbranched alkanes of at least 4 members (excludes halogenated alkanes) is 1. The second-order valence-electron chi connectivity index (χ2n) is 4.93. The molecule has 0 aliphatic heterocycles. The summed E-state index contributed by atoms with van der Waals surface area (Å²) in [6.07, 6.45) is 3.31. The van der Waals surface area contributed by atoms with E-state index in [4.69, 9.17) is 9.84 Å². The van der Waals surface area contributed by atoms with Crippen molar-refractivity contribution in [2.45, 2.75) is 44.6 Å². The molecule has 1 aromatic rings. The van der Waals surface area contributed by atoms with Crippen LogP contribution in [0.4, 0.5) is 0 Å². The lowest BCUT2D eigenvalue weighted by atomic mass is 10.1. The number of carbonyl (C=O) groups is 1. The molecule has 0 heterocycles. The summed E-state index contributed by atoms with van der Waals surface area (Å²) >= 11 is 0. The molecule has 2 N–H and O–H groups in total. The van der Waals surface area contributed by atoms with Gasteiger partial charge in [-0.25, -0.2) is 0 Å². The molecule has 0 bridgehead atoms. The average Bonchev–Trinajstić information content (AvgIpc) is 2.44. The highest BCUT2D eigenvalue weighted by atomic mass is 16.5. The number of hydrogen-bond acceptors (Lipinski definition) is 3. The van der Waals surface area contributed by atoms with Crippen LogP contribution >= 0.6 is 0 Å². The van der Waals surface area contributed by atoms with E-state index in [1.165, 1.54) is 5.56 Å². The minimum atomic E-state index is -0.774. The standard InChI is InChI=1S/C16H24O4/c17-15(8-4-5-9-16(18)19)11-13-20-12-10-14-6-2-1-3-7-14/h1-3,6-7,15,17H,4-5,8-13H2,(H,18,19)/t15-/m1/s1. The molecule has 1 rings (SSSR count). The van der Waals surface area contributed by atoms with Crippen LogP contribution in [0.3, 0.4) is 0 Å². The van der Waals surface area contributed by atoms with E-state index >= 15 is 0 Å². The molecular formula is C16H24O4. The van der Waals surface area contributed by atoms with Crippen LogP contribution in [0.5, 0.6) is 0 Å². The lowest BCUT2D eigenvalue weighted by Gasteiger charge is -2.10. The van der Waals surface area contributed by atoms with E-state index in [1.807, 2.05) is 18.2 Å². The molecule has 0 radical (unpaired) electrons. The third-order valence-corrected chi connectivity index (χ3v) is 3.15. The van der Waals surface area contributed by atoms with Crippen LogP contribution in [0.15, 0.2) is 30.3 Å². The van der Waals surface area contributed by atoms with Crippen molar-refractivity contribution in [3.05, 3.63) is 35.9 Å². The Morgan fingerprint density at radius 1 is 1.10 bits per heavy atom. The van der Waals surface area contributed by atoms with E-state index in [-0.39, 0.29) is 12.5 Å². The normalized spacial score (nSPS) is 12.2. The number of ether oxygens (including phenoxy) is 1. The van der Waals surface area contributed by atoms with Gasteiger partial charge in [0.2, 0.25) is 0 Å². The highest BCUT2D eigenvalue weighted by Crippen LogP contribution is 2.07. The molecule has 4 nitrogen and oxygen atoms in total. The maximum absolute atomic E-state index is 10.3. The highest BCUT2D eigenvalue weighted by Gasteiger charge is 2.05. The lowest BCUT2D eigenvalue weighted by molar-refractivity contribution is -0.137. The first-order valence-electron chi connectivity index (χ1n) is 7.20. The highest BCUT2D eigenvalue weighted by molar-refractivity contribution is 5.66. The van der Waals surface area contributed by atoms with E-state index in [0.29, 0.717) is 32.5 Å². The molecule has 0 saturated carbocycles. The largest absolute Gasteiger partial charge is 0.481 e. The molecule has 0 fully saturated rings. The van der Waals surface area contributed by atoms with Crippen molar-refractivity contribution in [3.63, 3.8) is 0 Å². The van der Waals surface area contributed by atoms with Crippen molar-refractivity contribution in [1.29, 1.82) is 0 Å². The predicted octanol–water partition coefficient (Wildman–Crippen LogP) is 2.64. The van der Waals surface area contributed by atoms with Crippen LogP contribution < -0.4 is 0 Å². The monoisotopic (exact) mass is 280 g/mol. The number of rotatable bonds is 11. The maximum Gasteiger partial charge on any atom is 0.303 e. The van der Waals surface area contributed by atoms with Crippen molar-refractivity contribution in [2.24, 2.45) is 0 Å². The molecule has 1 atom stereocenters. The van der Waals surface area contributed by atoms with E-state index in [1.54, 1.807) is 0 Å². The van der Waals surface area contributed by atoms with Gasteiger partial charge in [0.1, 0.15) is 0 Å². The van der Waals surface area contributed by atoms with Gasteiger partial charge in [-0.05, 0) is 31.2 Å². The van der Waals surface area contributed by atoms with Crippen molar-refractivity contribution in [3.8, 4) is 0 Å². The molecule has 0 aromatic heterocycles. The first-order valence-corrected chi connectivity index (χ1v) is 7.20. The molecule has 0 amide bonds. The van der Waals surface area contributed by atoms with E-state index in [2.05, 4.69) is 12.1 Å². The van der Waals surface area contributed by atoms with Gasteiger partial charge in [-0.15, -0.1) is 0 Å². The van der Waals surface area contributed by atoms with Gasteiger partial charge in [-0.1, -0.05) is 36.8 Å². The third-order valence-electron chi connectivity index (χ3n) is 3.15. The summed E-state index contributed by atoms with van der Waals surface area (Å²) in [7, 11) is 0. The molecule has 0 aliphatic carbocycles. The van der Waals surface area contributed by atoms with Gasteiger partial charge in [-0.3, -0.25) is 4.79 Å². The van der Waals surface area contributed by atoms with Gasteiger partial charge in [0.25, 0.3) is 0 Å². The van der Waals surface area contributed by atoms with Crippen LogP contribution in [-0.4, -0.2) is 35.5 Å². The topological polar surface area (TPSA) is 66.8 Å². The summed E-state index contributed by atoms with van der Waals surface area (Å²) < 4.78 is 5.50. The number of aliphatic carboxylic acids is 1. The summed E-state index contributed by atoms with van der Waals surface area (Å²) in [5, 5.41) is 18.2. The summed E-state index contributed by atoms with van der Waals surface area (Å²) in [4.78, 5) is 10.3. The fourth-order valence-corrected chi connectivity index (χ4v) is 1.96. The minimum Gasteiger partial charge on any atom is -0.481 e. The second kappa shape index (κ2) is 10.4. The van der Waals surface area contributed by atoms with Gasteiger partial charge >= 0.3 is 5.97 Å². The van der Waals surface area contributed by atoms with Gasteiger partial charge < -0.3 is 14.9 Å². The Hall–Kier alpha value is -1.39. The number of hydrogen-bond donors (Lipinski definition) is 2. The fourth-order valence-electron chi connectivity index (χ4n) is 1.96. The zero-order chi connectivity index (χ0) is 14.6. The molecular weight excluding hydrogens is 256 g/mol. The number of aliphatic hydroxyl groups excluding tert-OH is 1. The Morgan fingerprint density at radius 2 is 1.85 bits per heavy atom. The van der Waals surface area contributed by atoms with E-state index in [0.717, 1.165) is 12.8 Å². The number of carboxylic acids is 1. The summed E-state index contributed by atoms with van der Waals surface area (Å²) in [5.41, 5.74) is 1.25. The van der Waals surface area contributed by atoms with Gasteiger partial charge in [0.15, 0.2) is 0 Å². The van der Waals surface area contributed by atoms with E-state index < -0.39 is 5.97 Å². The number of benzene rings is 1. The SMILES string of the molecule is O=C(O)CCCC[C@@H](O)CCOCCc1ccccc1. The molecule has 0 spiro atoms. The first-order chi connectivity index (χ1) is 9.68. The number of aliphatic hydroxyl groups is 1. The molecule has 1 aromatic carbocycles. The second-order valence-corrected chi connectivity index (χ2v) is 4.93. The third kappa shape index (κ3) is 8.67. The van der Waals surface area contributed by atoms with Crippen molar-refractivity contribution < 1.29 is 19.7 Å². The van der Waals surface area contributed by atoms with Crippen LogP contribution in [-0.2, 0) is 16.0 Å². The van der Waals surface area contributed by atoms with Crippen molar-refractivity contribution in [1.82, 2.24) is 0 Å². The average molecular weight is 280 g/mol. The van der Waals surface area contributed by atoms with Crippen LogP contribution in [0.2, 0.25) is 0 Å². The first kappa shape index (κ1) is 16.7. The lowest BCUT2D eigenvalue weighted by Crippen LogP contribution is -2.11. The fraction of sp³-hybridized carbons (Fsp3) is 0.562. The minimum absolute atomic E-state index is 0.181. The Morgan fingerprint density at radius 3 is 2.55 bits per heavy atom. The molecule has 0 unspecified atom stereocenters. The molecule has 112 valence electrons. The van der Waals surface area contributed by atoms with Crippen LogP contribution in [0.25, 0.3) is 0 Å². The Kier molecular flexibility index (Phi) is 8.67. The Balaban J connectivity index is 1.94. The van der Waals surface area contributed by atoms with Gasteiger partial charge in [0, 0.05) is 13.0 Å². The maximum atomic E-state index is 10.3. The summed E-state index contributed by atoms with van der Waals surface area (Å²) in [6.45, 7) is 1.21. The van der Waals surface area contributed by atoms with Gasteiger partial charge in [-0.2, -0.15) is 0 Å². The summed E-state index contributed by atoms with van der Waals surface area (Å²) in [6, 6.07) is 10.2. The smallest absolute Gasteiger partial charge is 0.303 e. The molecule has 20 heavy (non-hydrogen) atoms. The van der Waals surface area contributed by atoms with Crippen molar-refractivity contribution in [2.75, 3.05) is 13.2 Å². The Bertz CT molecular complexity index is 364. The zero-order valence-corrected chi connectivity index (χ0v) is 11.8. The van der Waals surface area contributed by atoms with Crippen LogP contribution in [0, 0.1) is 0 Å². The molecule has 0 saturated heterocycles. The molecule has 4 heteroatoms. The van der Waals surface area contributed by atoms with Gasteiger partial charge in [0.05, 0.1) is 12.7 Å². The quantitative estimate of drug-likeness (QED) is 0.611. The zero-order valence-electron chi connectivity index (χ0n) is 11.8. The number of carboxylic acid groups (broad SMARTS) is 1.